The highest BCUT2D eigenvalue weighted by Gasteiger charge is 2.29. The smallest absolute Gasteiger partial charge is 0.0778 e. The van der Waals surface area contributed by atoms with Gasteiger partial charge in [0, 0.05) is 12.6 Å². The number of aryl methyl sites for hydroxylation is 1. The van der Waals surface area contributed by atoms with Crippen LogP contribution in [0, 0.1) is 0 Å². The third-order valence-electron chi connectivity index (χ3n) is 3.30. The van der Waals surface area contributed by atoms with E-state index < -0.39 is 0 Å². The second-order valence-electron chi connectivity index (χ2n) is 5.21. The Hall–Kier alpha value is -0.380. The van der Waals surface area contributed by atoms with E-state index in [1.54, 1.807) is 11.3 Å². The maximum Gasteiger partial charge on any atom is 0.0778 e. The molecule has 0 radical (unpaired) electrons. The van der Waals surface area contributed by atoms with Crippen molar-refractivity contribution in [3.05, 3.63) is 22.4 Å². The first-order valence-electron chi connectivity index (χ1n) is 6.98. The molecule has 0 aliphatic rings. The predicted molar refractivity (Wildman–Crippen MR) is 80.4 cm³/mol. The Labute approximate surface area is 116 Å². The third kappa shape index (κ3) is 5.09. The van der Waals surface area contributed by atoms with Gasteiger partial charge in [-0.05, 0) is 69.0 Å². The van der Waals surface area contributed by atoms with E-state index >= 15 is 0 Å². The fraction of sp³-hybridized carbons (Fsp3) is 0.733. The van der Waals surface area contributed by atoms with Crippen molar-refractivity contribution in [1.82, 2.24) is 5.32 Å². The van der Waals surface area contributed by atoms with E-state index in [4.69, 9.17) is 4.74 Å². The quantitative estimate of drug-likeness (QED) is 0.735. The zero-order valence-electron chi connectivity index (χ0n) is 12.2. The van der Waals surface area contributed by atoms with Crippen LogP contribution in [0.1, 0.15) is 46.1 Å². The molecule has 1 atom stereocenters. The van der Waals surface area contributed by atoms with Gasteiger partial charge in [0.15, 0.2) is 0 Å². The summed E-state index contributed by atoms with van der Waals surface area (Å²) in [6, 6.07) is 2.63. The molecular weight excluding hydrogens is 242 g/mol. The number of nitrogens with one attached hydrogen (secondary N) is 1. The summed E-state index contributed by atoms with van der Waals surface area (Å²) >= 11 is 1.78. The molecule has 1 heterocycles. The van der Waals surface area contributed by atoms with Crippen molar-refractivity contribution in [2.75, 3.05) is 13.2 Å². The van der Waals surface area contributed by atoms with Crippen LogP contribution in [0.4, 0.5) is 0 Å². The Bertz CT molecular complexity index is 308. The monoisotopic (exact) mass is 269 g/mol. The number of hydrogen-bond acceptors (Lipinski definition) is 3. The summed E-state index contributed by atoms with van der Waals surface area (Å²) in [6.07, 6.45) is 3.42. The standard InChI is InChI=1S/C15H27NOS/c1-5-10-16-14(15(3,4)17-6-2)8-7-13-9-11-18-12-13/h9,11-12,14,16H,5-8,10H2,1-4H3. The van der Waals surface area contributed by atoms with E-state index in [0.29, 0.717) is 6.04 Å². The van der Waals surface area contributed by atoms with E-state index in [9.17, 15) is 0 Å². The lowest BCUT2D eigenvalue weighted by Gasteiger charge is -2.35. The Morgan fingerprint density at radius 1 is 1.39 bits per heavy atom. The maximum absolute atomic E-state index is 5.90. The molecule has 2 nitrogen and oxygen atoms in total. The summed E-state index contributed by atoms with van der Waals surface area (Å²) in [4.78, 5) is 0. The van der Waals surface area contributed by atoms with E-state index in [2.05, 4.69) is 49.8 Å². The molecule has 104 valence electrons. The molecule has 18 heavy (non-hydrogen) atoms. The lowest BCUT2D eigenvalue weighted by molar-refractivity contribution is -0.0399. The molecule has 0 aliphatic carbocycles. The van der Waals surface area contributed by atoms with Crippen LogP contribution in [0.5, 0.6) is 0 Å². The zero-order valence-corrected chi connectivity index (χ0v) is 13.0. The minimum absolute atomic E-state index is 0.0973. The summed E-state index contributed by atoms with van der Waals surface area (Å²) in [6.45, 7) is 10.5. The Morgan fingerprint density at radius 2 is 2.17 bits per heavy atom. The molecule has 1 rings (SSSR count). The van der Waals surface area contributed by atoms with E-state index in [1.807, 2.05) is 0 Å². The Kier molecular flexibility index (Phi) is 6.90. The molecule has 0 saturated carbocycles. The van der Waals surface area contributed by atoms with Gasteiger partial charge in [-0.15, -0.1) is 0 Å². The van der Waals surface area contributed by atoms with Gasteiger partial charge in [-0.1, -0.05) is 6.92 Å². The lowest BCUT2D eigenvalue weighted by Crippen LogP contribution is -2.49. The van der Waals surface area contributed by atoms with Crippen molar-refractivity contribution in [2.24, 2.45) is 0 Å². The summed E-state index contributed by atoms with van der Waals surface area (Å²) in [5.74, 6) is 0. The normalized spacial score (nSPS) is 13.8. The highest BCUT2D eigenvalue weighted by Crippen LogP contribution is 2.20. The van der Waals surface area contributed by atoms with Gasteiger partial charge in [-0.25, -0.2) is 0 Å². The molecule has 0 amide bonds. The Morgan fingerprint density at radius 3 is 2.72 bits per heavy atom. The lowest BCUT2D eigenvalue weighted by atomic mass is 9.92. The molecule has 1 aromatic rings. The van der Waals surface area contributed by atoms with Gasteiger partial charge in [-0.2, -0.15) is 11.3 Å². The molecule has 0 aromatic carbocycles. The fourth-order valence-corrected chi connectivity index (χ4v) is 2.94. The molecule has 1 unspecified atom stereocenters. The van der Waals surface area contributed by atoms with Gasteiger partial charge in [0.25, 0.3) is 0 Å². The van der Waals surface area contributed by atoms with Crippen LogP contribution in [-0.4, -0.2) is 24.8 Å². The van der Waals surface area contributed by atoms with Gasteiger partial charge in [0.2, 0.25) is 0 Å². The highest BCUT2D eigenvalue weighted by atomic mass is 32.1. The molecule has 1 aromatic heterocycles. The van der Waals surface area contributed by atoms with Gasteiger partial charge in [0.1, 0.15) is 0 Å². The van der Waals surface area contributed by atoms with Crippen molar-refractivity contribution >= 4 is 11.3 Å². The highest BCUT2D eigenvalue weighted by molar-refractivity contribution is 7.07. The summed E-state index contributed by atoms with van der Waals surface area (Å²) in [7, 11) is 0. The SMILES string of the molecule is CCCNC(CCc1ccsc1)C(C)(C)OCC. The first-order chi connectivity index (χ1) is 8.60. The van der Waals surface area contributed by atoms with Crippen molar-refractivity contribution < 1.29 is 4.74 Å². The molecule has 0 fully saturated rings. The maximum atomic E-state index is 5.90. The number of thiophene rings is 1. The molecule has 3 heteroatoms. The van der Waals surface area contributed by atoms with Crippen molar-refractivity contribution in [3.63, 3.8) is 0 Å². The molecule has 0 spiro atoms. The van der Waals surface area contributed by atoms with Crippen LogP contribution in [0.2, 0.25) is 0 Å². The third-order valence-corrected chi connectivity index (χ3v) is 4.03. The van der Waals surface area contributed by atoms with Gasteiger partial charge >= 0.3 is 0 Å². The fourth-order valence-electron chi connectivity index (χ4n) is 2.23. The van der Waals surface area contributed by atoms with E-state index in [0.717, 1.165) is 32.4 Å². The van der Waals surface area contributed by atoms with Crippen molar-refractivity contribution in [2.45, 2.75) is 58.6 Å². The summed E-state index contributed by atoms with van der Waals surface area (Å²) in [5.41, 5.74) is 1.34. The zero-order chi connectivity index (χ0) is 13.4. The van der Waals surface area contributed by atoms with Crippen LogP contribution < -0.4 is 5.32 Å². The molecular formula is C15H27NOS. The van der Waals surface area contributed by atoms with Crippen molar-refractivity contribution in [3.8, 4) is 0 Å². The average molecular weight is 269 g/mol. The van der Waals surface area contributed by atoms with Crippen LogP contribution >= 0.6 is 11.3 Å². The first-order valence-corrected chi connectivity index (χ1v) is 7.92. The first kappa shape index (κ1) is 15.7. The molecule has 0 aliphatic heterocycles. The number of ether oxygens (including phenoxy) is 1. The van der Waals surface area contributed by atoms with Crippen LogP contribution in [0.25, 0.3) is 0 Å². The minimum atomic E-state index is -0.0973. The number of hydrogen-bond donors (Lipinski definition) is 1. The van der Waals surface area contributed by atoms with Crippen LogP contribution in [-0.2, 0) is 11.2 Å². The minimum Gasteiger partial charge on any atom is -0.374 e. The second-order valence-corrected chi connectivity index (χ2v) is 5.99. The number of rotatable bonds is 9. The van der Waals surface area contributed by atoms with Crippen LogP contribution in [0.3, 0.4) is 0 Å². The topological polar surface area (TPSA) is 21.3 Å². The molecule has 0 bridgehead atoms. The van der Waals surface area contributed by atoms with Gasteiger partial charge in [-0.3, -0.25) is 0 Å². The van der Waals surface area contributed by atoms with E-state index in [-0.39, 0.29) is 5.60 Å². The Balaban J connectivity index is 2.54. The molecule has 1 N–H and O–H groups in total. The van der Waals surface area contributed by atoms with Gasteiger partial charge < -0.3 is 10.1 Å². The van der Waals surface area contributed by atoms with E-state index in [1.165, 1.54) is 5.56 Å². The average Bonchev–Trinajstić information content (AvgIpc) is 2.81. The predicted octanol–water partition coefficient (Wildman–Crippen LogP) is 3.86. The van der Waals surface area contributed by atoms with Gasteiger partial charge in [0.05, 0.1) is 5.60 Å². The van der Waals surface area contributed by atoms with Crippen LogP contribution in [0.15, 0.2) is 16.8 Å². The summed E-state index contributed by atoms with van der Waals surface area (Å²) in [5, 5.41) is 8.03. The van der Waals surface area contributed by atoms with Crippen molar-refractivity contribution in [1.29, 1.82) is 0 Å². The largest absolute Gasteiger partial charge is 0.374 e. The second kappa shape index (κ2) is 7.93. The molecule has 0 saturated heterocycles. The summed E-state index contributed by atoms with van der Waals surface area (Å²) < 4.78 is 5.90.